The number of aromatic nitrogens is 3. The minimum atomic E-state index is -0.678. The summed E-state index contributed by atoms with van der Waals surface area (Å²) in [6.45, 7) is 4.08. The van der Waals surface area contributed by atoms with Crippen LogP contribution in [0.2, 0.25) is 0 Å². The van der Waals surface area contributed by atoms with E-state index in [0.29, 0.717) is 38.9 Å². The standard InChI is InChI=1S/C21H19N3O6S/c1-4-30-11-7-5-10(6-8-11)15-13(14-18(22-15)23-21(28)24-19(14)26)17-16(25)12(9(2)31-17)20(27)29-3/h5-8,25H,4H2,1-3H3,(H3,22,23,24,26,28). The molecule has 0 unspecified atom stereocenters. The lowest BCUT2D eigenvalue weighted by Crippen LogP contribution is -2.21. The first-order valence-electron chi connectivity index (χ1n) is 9.38. The second-order valence-electron chi connectivity index (χ2n) is 6.69. The fraction of sp³-hybridized carbons (Fsp3) is 0.190. The van der Waals surface area contributed by atoms with Gasteiger partial charge in [0.05, 0.1) is 29.7 Å². The Kier molecular flexibility index (Phi) is 5.15. The van der Waals surface area contributed by atoms with E-state index < -0.39 is 17.2 Å². The maximum Gasteiger partial charge on any atom is 0.342 e. The van der Waals surface area contributed by atoms with E-state index in [1.807, 2.05) is 6.92 Å². The summed E-state index contributed by atoms with van der Waals surface area (Å²) in [4.78, 5) is 45.4. The normalized spacial score (nSPS) is 11.1. The van der Waals surface area contributed by atoms with Crippen molar-refractivity contribution in [2.24, 2.45) is 0 Å². The van der Waals surface area contributed by atoms with Crippen molar-refractivity contribution in [3.63, 3.8) is 0 Å². The zero-order valence-corrected chi connectivity index (χ0v) is 17.7. The third-order valence-corrected chi connectivity index (χ3v) is 5.93. The van der Waals surface area contributed by atoms with Crippen molar-refractivity contribution in [3.8, 4) is 33.2 Å². The molecule has 0 amide bonds. The van der Waals surface area contributed by atoms with Gasteiger partial charge in [-0.3, -0.25) is 14.8 Å². The molecule has 0 aliphatic heterocycles. The van der Waals surface area contributed by atoms with Crippen LogP contribution in [-0.2, 0) is 4.74 Å². The molecule has 0 atom stereocenters. The fourth-order valence-electron chi connectivity index (χ4n) is 3.50. The van der Waals surface area contributed by atoms with Gasteiger partial charge in [-0.15, -0.1) is 11.3 Å². The summed E-state index contributed by atoms with van der Waals surface area (Å²) < 4.78 is 10.3. The molecule has 0 aliphatic carbocycles. The van der Waals surface area contributed by atoms with Crippen molar-refractivity contribution >= 4 is 28.3 Å². The number of H-pyrrole nitrogens is 3. The van der Waals surface area contributed by atoms with Gasteiger partial charge in [0.2, 0.25) is 0 Å². The molecule has 4 rings (SSSR count). The van der Waals surface area contributed by atoms with Gasteiger partial charge in [0.25, 0.3) is 5.56 Å². The lowest BCUT2D eigenvalue weighted by Gasteiger charge is -2.07. The molecule has 0 spiro atoms. The number of ether oxygens (including phenoxy) is 2. The summed E-state index contributed by atoms with van der Waals surface area (Å²) in [6.07, 6.45) is 0. The van der Waals surface area contributed by atoms with Crippen LogP contribution >= 0.6 is 11.3 Å². The lowest BCUT2D eigenvalue weighted by atomic mass is 10.0. The summed E-state index contributed by atoms with van der Waals surface area (Å²) in [5, 5.41) is 11.0. The summed E-state index contributed by atoms with van der Waals surface area (Å²) in [6, 6.07) is 7.15. The Morgan fingerprint density at radius 2 is 1.84 bits per heavy atom. The monoisotopic (exact) mass is 441 g/mol. The Morgan fingerprint density at radius 3 is 2.48 bits per heavy atom. The number of rotatable bonds is 5. The van der Waals surface area contributed by atoms with Gasteiger partial charge in [-0.2, -0.15) is 0 Å². The summed E-state index contributed by atoms with van der Waals surface area (Å²) in [5.74, 6) is -0.284. The number of aromatic hydroxyl groups is 1. The third-order valence-electron chi connectivity index (χ3n) is 4.82. The molecular weight excluding hydrogens is 422 g/mol. The molecule has 0 aliphatic rings. The van der Waals surface area contributed by atoms with Gasteiger partial charge in [0, 0.05) is 10.4 Å². The topological polar surface area (TPSA) is 137 Å². The second-order valence-corrected chi connectivity index (χ2v) is 7.92. The molecule has 1 aromatic carbocycles. The van der Waals surface area contributed by atoms with Crippen LogP contribution in [0, 0.1) is 6.92 Å². The van der Waals surface area contributed by atoms with Crippen molar-refractivity contribution in [2.45, 2.75) is 13.8 Å². The highest BCUT2D eigenvalue weighted by Crippen LogP contribution is 2.47. The van der Waals surface area contributed by atoms with Crippen LogP contribution in [0.5, 0.6) is 11.5 Å². The van der Waals surface area contributed by atoms with Crippen LogP contribution in [0.1, 0.15) is 22.2 Å². The summed E-state index contributed by atoms with van der Waals surface area (Å²) in [7, 11) is 1.23. The number of carbonyl (C=O) groups excluding carboxylic acids is 1. The zero-order chi connectivity index (χ0) is 22.3. The number of fused-ring (bicyclic) bond motifs is 1. The van der Waals surface area contributed by atoms with Gasteiger partial charge in [-0.25, -0.2) is 9.59 Å². The maximum atomic E-state index is 12.7. The molecule has 0 saturated heterocycles. The Balaban J connectivity index is 2.05. The molecule has 160 valence electrons. The van der Waals surface area contributed by atoms with E-state index in [9.17, 15) is 19.5 Å². The highest BCUT2D eigenvalue weighted by atomic mass is 32.1. The third kappa shape index (κ3) is 3.40. The quantitative estimate of drug-likeness (QED) is 0.351. The smallest absolute Gasteiger partial charge is 0.342 e. The number of aromatic amines is 3. The van der Waals surface area contributed by atoms with Gasteiger partial charge in [0.1, 0.15) is 22.7 Å². The molecule has 9 nitrogen and oxygen atoms in total. The Morgan fingerprint density at radius 1 is 1.13 bits per heavy atom. The number of hydrogen-bond acceptors (Lipinski definition) is 7. The van der Waals surface area contributed by atoms with Crippen LogP contribution < -0.4 is 16.0 Å². The minimum absolute atomic E-state index is 0.0374. The van der Waals surface area contributed by atoms with E-state index in [1.165, 1.54) is 7.11 Å². The minimum Gasteiger partial charge on any atom is -0.505 e. The highest BCUT2D eigenvalue weighted by molar-refractivity contribution is 7.16. The molecular formula is C21H19N3O6S. The largest absolute Gasteiger partial charge is 0.505 e. The Labute approximate surface area is 179 Å². The number of esters is 1. The maximum absolute atomic E-state index is 12.7. The van der Waals surface area contributed by atoms with Crippen LogP contribution in [0.3, 0.4) is 0 Å². The number of hydrogen-bond donors (Lipinski definition) is 4. The van der Waals surface area contributed by atoms with Crippen molar-refractivity contribution in [1.29, 1.82) is 0 Å². The molecule has 0 saturated carbocycles. The molecule has 0 fully saturated rings. The predicted molar refractivity (Wildman–Crippen MR) is 117 cm³/mol. The van der Waals surface area contributed by atoms with Crippen molar-refractivity contribution in [1.82, 2.24) is 15.0 Å². The average molecular weight is 441 g/mol. The number of thiophene rings is 1. The molecule has 0 bridgehead atoms. The van der Waals surface area contributed by atoms with E-state index in [4.69, 9.17) is 9.47 Å². The summed E-state index contributed by atoms with van der Waals surface area (Å²) in [5.41, 5.74) is 0.529. The average Bonchev–Trinajstić information content (AvgIpc) is 3.25. The molecule has 4 aromatic rings. The fourth-order valence-corrected chi connectivity index (χ4v) is 4.60. The molecule has 0 radical (unpaired) electrons. The highest BCUT2D eigenvalue weighted by Gasteiger charge is 2.28. The zero-order valence-electron chi connectivity index (χ0n) is 16.9. The van der Waals surface area contributed by atoms with Crippen molar-refractivity contribution < 1.29 is 19.4 Å². The van der Waals surface area contributed by atoms with Crippen LogP contribution in [0.25, 0.3) is 32.7 Å². The van der Waals surface area contributed by atoms with Gasteiger partial charge >= 0.3 is 11.7 Å². The molecule has 10 heteroatoms. The van der Waals surface area contributed by atoms with Crippen molar-refractivity contribution in [3.05, 3.63) is 55.5 Å². The number of nitrogens with one attached hydrogen (secondary N) is 3. The van der Waals surface area contributed by atoms with Crippen LogP contribution in [0.4, 0.5) is 0 Å². The van der Waals surface area contributed by atoms with Crippen molar-refractivity contribution in [2.75, 3.05) is 13.7 Å². The molecule has 3 aromatic heterocycles. The van der Waals surface area contributed by atoms with Gasteiger partial charge in [-0.1, -0.05) is 0 Å². The molecule has 31 heavy (non-hydrogen) atoms. The van der Waals surface area contributed by atoms with Gasteiger partial charge < -0.3 is 19.6 Å². The molecule has 3 heterocycles. The Hall–Kier alpha value is -3.79. The van der Waals surface area contributed by atoms with E-state index in [0.717, 1.165) is 11.3 Å². The predicted octanol–water partition coefficient (Wildman–Crippen LogP) is 3.14. The second kappa shape index (κ2) is 7.80. The first kappa shape index (κ1) is 20.5. The van der Waals surface area contributed by atoms with Gasteiger partial charge in [-0.05, 0) is 43.7 Å². The van der Waals surface area contributed by atoms with E-state index >= 15 is 0 Å². The van der Waals surface area contributed by atoms with E-state index in [2.05, 4.69) is 15.0 Å². The van der Waals surface area contributed by atoms with Crippen LogP contribution in [0.15, 0.2) is 33.9 Å². The number of carbonyl (C=O) groups is 1. The Bertz CT molecular complexity index is 1410. The number of methoxy groups -OCH3 is 1. The SMILES string of the molecule is CCOc1ccc(-c2[nH]c3[nH]c(=O)[nH]c(=O)c3c2-c2sc(C)c(C(=O)OC)c2O)cc1. The first-order valence-corrected chi connectivity index (χ1v) is 10.2. The summed E-state index contributed by atoms with van der Waals surface area (Å²) >= 11 is 1.15. The van der Waals surface area contributed by atoms with E-state index in [1.54, 1.807) is 31.2 Å². The number of benzene rings is 1. The first-order chi connectivity index (χ1) is 14.8. The lowest BCUT2D eigenvalue weighted by molar-refractivity contribution is 0.0597. The van der Waals surface area contributed by atoms with Gasteiger partial charge in [0.15, 0.2) is 0 Å². The number of aryl methyl sites for hydroxylation is 1. The molecule has 4 N–H and O–H groups in total. The van der Waals surface area contributed by atoms with E-state index in [-0.39, 0.29) is 22.3 Å². The van der Waals surface area contributed by atoms with Crippen LogP contribution in [-0.4, -0.2) is 39.7 Å².